The summed E-state index contributed by atoms with van der Waals surface area (Å²) in [6, 6.07) is 7.56. The lowest BCUT2D eigenvalue weighted by Crippen LogP contribution is -1.88. The molecular formula is C13H11Cl2N. The lowest BCUT2D eigenvalue weighted by atomic mass is 10.00. The maximum atomic E-state index is 9.23. The zero-order chi connectivity index (χ0) is 11.5. The van der Waals surface area contributed by atoms with Crippen LogP contribution in [0.3, 0.4) is 0 Å². The first-order chi connectivity index (χ1) is 7.72. The maximum Gasteiger partial charge on any atom is 0.0998 e. The summed E-state index contributed by atoms with van der Waals surface area (Å²) in [5.74, 6) is 0. The molecule has 0 heterocycles. The second kappa shape index (κ2) is 4.91. The molecule has 0 saturated heterocycles. The topological polar surface area (TPSA) is 23.8 Å². The molecular weight excluding hydrogens is 241 g/mol. The fraction of sp³-hybridized carbons (Fsp3) is 0.308. The molecule has 82 valence electrons. The molecule has 1 aromatic carbocycles. The van der Waals surface area contributed by atoms with E-state index in [0.29, 0.717) is 10.0 Å². The number of nitrogens with zero attached hydrogens (tertiary/aromatic N) is 1. The second-order valence-electron chi connectivity index (χ2n) is 3.92. The molecule has 0 aliphatic heterocycles. The Balaban J connectivity index is 2.50. The van der Waals surface area contributed by atoms with Crippen LogP contribution in [0.1, 0.15) is 31.2 Å². The van der Waals surface area contributed by atoms with E-state index in [9.17, 15) is 5.26 Å². The van der Waals surface area contributed by atoms with Crippen molar-refractivity contribution in [2.24, 2.45) is 0 Å². The number of hydrogen-bond acceptors (Lipinski definition) is 1. The quantitative estimate of drug-likeness (QED) is 0.655. The molecule has 16 heavy (non-hydrogen) atoms. The molecule has 0 radical (unpaired) electrons. The molecule has 1 aliphatic rings. The molecule has 0 unspecified atom stereocenters. The van der Waals surface area contributed by atoms with Gasteiger partial charge in [-0.2, -0.15) is 5.26 Å². The number of halogens is 2. The Labute approximate surface area is 105 Å². The smallest absolute Gasteiger partial charge is 0.0998 e. The van der Waals surface area contributed by atoms with E-state index in [4.69, 9.17) is 23.2 Å². The third kappa shape index (κ3) is 2.24. The van der Waals surface area contributed by atoms with Crippen molar-refractivity contribution in [1.29, 1.82) is 5.26 Å². The molecule has 3 heteroatoms. The Hall–Kier alpha value is -0.970. The van der Waals surface area contributed by atoms with Crippen LogP contribution < -0.4 is 0 Å². The van der Waals surface area contributed by atoms with Gasteiger partial charge < -0.3 is 0 Å². The van der Waals surface area contributed by atoms with Crippen molar-refractivity contribution in [3.05, 3.63) is 39.4 Å². The van der Waals surface area contributed by atoms with E-state index in [2.05, 4.69) is 6.07 Å². The van der Waals surface area contributed by atoms with Crippen molar-refractivity contribution in [3.63, 3.8) is 0 Å². The summed E-state index contributed by atoms with van der Waals surface area (Å²) in [5.41, 5.74) is 2.77. The number of nitriles is 1. The molecule has 0 amide bonds. The van der Waals surface area contributed by atoms with Crippen molar-refractivity contribution in [2.45, 2.75) is 25.7 Å². The number of allylic oxidation sites excluding steroid dienone is 2. The van der Waals surface area contributed by atoms with Gasteiger partial charge in [-0.1, -0.05) is 34.8 Å². The van der Waals surface area contributed by atoms with E-state index in [1.165, 1.54) is 18.4 Å². The Morgan fingerprint density at radius 3 is 2.44 bits per heavy atom. The van der Waals surface area contributed by atoms with E-state index in [0.717, 1.165) is 24.0 Å². The first-order valence-corrected chi connectivity index (χ1v) is 6.05. The molecule has 0 spiro atoms. The van der Waals surface area contributed by atoms with Crippen molar-refractivity contribution in [3.8, 4) is 6.07 Å². The van der Waals surface area contributed by atoms with Crippen LogP contribution in [0.15, 0.2) is 23.8 Å². The average Bonchev–Trinajstić information content (AvgIpc) is 2.75. The van der Waals surface area contributed by atoms with Gasteiger partial charge in [0.05, 0.1) is 16.7 Å². The molecule has 1 saturated carbocycles. The third-order valence-electron chi connectivity index (χ3n) is 2.87. The van der Waals surface area contributed by atoms with Crippen molar-refractivity contribution >= 4 is 28.8 Å². The molecule has 1 aromatic rings. The van der Waals surface area contributed by atoms with Crippen LogP contribution in [-0.4, -0.2) is 0 Å². The zero-order valence-electron chi connectivity index (χ0n) is 8.76. The van der Waals surface area contributed by atoms with Gasteiger partial charge in [-0.15, -0.1) is 0 Å². The van der Waals surface area contributed by atoms with Crippen LogP contribution in [0, 0.1) is 11.3 Å². The second-order valence-corrected chi connectivity index (χ2v) is 4.77. The Morgan fingerprint density at radius 2 is 1.88 bits per heavy atom. The molecule has 1 nitrogen and oxygen atoms in total. The Morgan fingerprint density at radius 1 is 1.19 bits per heavy atom. The highest BCUT2D eigenvalue weighted by atomic mass is 35.5. The SMILES string of the molecule is N#CC(=C1CCCC1)c1ccc(Cl)cc1Cl. The van der Waals surface area contributed by atoms with Gasteiger partial charge in [0.25, 0.3) is 0 Å². The van der Waals surface area contributed by atoms with Crippen LogP contribution in [0.5, 0.6) is 0 Å². The number of benzene rings is 1. The number of rotatable bonds is 1. The monoisotopic (exact) mass is 251 g/mol. The molecule has 0 N–H and O–H groups in total. The van der Waals surface area contributed by atoms with Gasteiger partial charge in [0.2, 0.25) is 0 Å². The number of hydrogen-bond donors (Lipinski definition) is 0. The van der Waals surface area contributed by atoms with E-state index in [-0.39, 0.29) is 0 Å². The van der Waals surface area contributed by atoms with Gasteiger partial charge in [-0.05, 0) is 37.8 Å². The van der Waals surface area contributed by atoms with E-state index >= 15 is 0 Å². The maximum absolute atomic E-state index is 9.23. The predicted octanol–water partition coefficient (Wildman–Crippen LogP) is 4.84. The van der Waals surface area contributed by atoms with Gasteiger partial charge in [0.15, 0.2) is 0 Å². The molecule has 2 rings (SSSR count). The fourth-order valence-electron chi connectivity index (χ4n) is 2.07. The highest BCUT2D eigenvalue weighted by Gasteiger charge is 2.16. The minimum absolute atomic E-state index is 0.559. The summed E-state index contributed by atoms with van der Waals surface area (Å²) in [7, 11) is 0. The molecule has 1 fully saturated rings. The summed E-state index contributed by atoms with van der Waals surface area (Å²) >= 11 is 12.0. The first-order valence-electron chi connectivity index (χ1n) is 5.30. The van der Waals surface area contributed by atoms with E-state index in [1.54, 1.807) is 12.1 Å². The van der Waals surface area contributed by atoms with Crippen LogP contribution in [0.4, 0.5) is 0 Å². The van der Waals surface area contributed by atoms with Crippen LogP contribution in [0.25, 0.3) is 5.57 Å². The minimum Gasteiger partial charge on any atom is -0.192 e. The normalized spacial score (nSPS) is 14.9. The van der Waals surface area contributed by atoms with Crippen molar-refractivity contribution < 1.29 is 0 Å². The third-order valence-corrected chi connectivity index (χ3v) is 3.42. The Bertz CT molecular complexity index is 475. The summed E-state index contributed by atoms with van der Waals surface area (Å²) < 4.78 is 0. The zero-order valence-corrected chi connectivity index (χ0v) is 10.3. The van der Waals surface area contributed by atoms with Crippen molar-refractivity contribution in [2.75, 3.05) is 0 Å². The molecule has 0 aromatic heterocycles. The first kappa shape index (κ1) is 11.5. The van der Waals surface area contributed by atoms with E-state index < -0.39 is 0 Å². The average molecular weight is 252 g/mol. The van der Waals surface area contributed by atoms with E-state index in [1.807, 2.05) is 6.07 Å². The summed E-state index contributed by atoms with van der Waals surface area (Å²) in [5, 5.41) is 10.4. The van der Waals surface area contributed by atoms with Crippen molar-refractivity contribution in [1.82, 2.24) is 0 Å². The minimum atomic E-state index is 0.559. The molecule has 1 aliphatic carbocycles. The van der Waals surface area contributed by atoms with Gasteiger partial charge >= 0.3 is 0 Å². The standard InChI is InChI=1S/C13H11Cl2N/c14-10-5-6-11(13(15)7-10)12(8-16)9-3-1-2-4-9/h5-7H,1-4H2. The Kier molecular flexibility index (Phi) is 3.53. The highest BCUT2D eigenvalue weighted by Crippen LogP contribution is 2.34. The van der Waals surface area contributed by atoms with Gasteiger partial charge in [0, 0.05) is 10.6 Å². The van der Waals surface area contributed by atoms with Crippen LogP contribution in [-0.2, 0) is 0 Å². The van der Waals surface area contributed by atoms with Gasteiger partial charge in [-0.25, -0.2) is 0 Å². The van der Waals surface area contributed by atoms with Crippen LogP contribution in [0.2, 0.25) is 10.0 Å². The fourth-order valence-corrected chi connectivity index (χ4v) is 2.58. The summed E-state index contributed by atoms with van der Waals surface area (Å²) in [4.78, 5) is 0. The lowest BCUT2D eigenvalue weighted by Gasteiger charge is -2.06. The summed E-state index contributed by atoms with van der Waals surface area (Å²) in [6.45, 7) is 0. The lowest BCUT2D eigenvalue weighted by molar-refractivity contribution is 0.886. The van der Waals surface area contributed by atoms with Gasteiger partial charge in [0.1, 0.15) is 0 Å². The molecule has 0 atom stereocenters. The van der Waals surface area contributed by atoms with Crippen LogP contribution >= 0.6 is 23.2 Å². The predicted molar refractivity (Wildman–Crippen MR) is 67.5 cm³/mol. The molecule has 0 bridgehead atoms. The largest absolute Gasteiger partial charge is 0.192 e. The highest BCUT2D eigenvalue weighted by molar-refractivity contribution is 6.35. The van der Waals surface area contributed by atoms with Gasteiger partial charge in [-0.3, -0.25) is 0 Å². The summed E-state index contributed by atoms with van der Waals surface area (Å²) in [6.07, 6.45) is 4.38.